The predicted octanol–water partition coefficient (Wildman–Crippen LogP) is 0.954. The van der Waals surface area contributed by atoms with Gasteiger partial charge in [0, 0.05) is 38.6 Å². The van der Waals surface area contributed by atoms with E-state index in [-0.39, 0.29) is 35.9 Å². The number of phenols is 1. The summed E-state index contributed by atoms with van der Waals surface area (Å²) in [4.78, 5) is 28.1. The smallest absolute Gasteiger partial charge is 0.257 e. The number of nitrogens with one attached hydrogen (secondary N) is 1. The number of carbonyl (C=O) groups excluding carboxylic acids is 2. The molecule has 0 saturated carbocycles. The maximum Gasteiger partial charge on any atom is 0.257 e. The van der Waals surface area contributed by atoms with Crippen LogP contribution in [-0.4, -0.2) is 66.5 Å². The van der Waals surface area contributed by atoms with Crippen LogP contribution in [-0.2, 0) is 4.79 Å². The molecule has 1 unspecified atom stereocenters. The number of phenolic OH excluding ortho intramolecular Hbond substituents is 1. The number of benzene rings is 1. The largest absolute Gasteiger partial charge is 0.507 e. The Morgan fingerprint density at radius 3 is 2.30 bits per heavy atom. The Morgan fingerprint density at radius 2 is 1.74 bits per heavy atom. The molecule has 1 fully saturated rings. The van der Waals surface area contributed by atoms with Crippen molar-refractivity contribution in [3.05, 3.63) is 29.8 Å². The van der Waals surface area contributed by atoms with Gasteiger partial charge in [-0.2, -0.15) is 0 Å². The summed E-state index contributed by atoms with van der Waals surface area (Å²) in [5, 5.41) is 12.8. The molecule has 6 nitrogen and oxygen atoms in total. The average molecular weight is 342 g/mol. The van der Waals surface area contributed by atoms with Crippen molar-refractivity contribution in [2.75, 3.05) is 39.8 Å². The van der Waals surface area contributed by atoms with E-state index in [0.717, 1.165) is 0 Å². The van der Waals surface area contributed by atoms with E-state index in [0.29, 0.717) is 38.3 Å². The Kier molecular flexibility index (Phi) is 7.32. The van der Waals surface area contributed by atoms with Crippen molar-refractivity contribution < 1.29 is 14.7 Å². The van der Waals surface area contributed by atoms with Gasteiger partial charge in [-0.05, 0) is 19.2 Å². The number of nitrogens with zero attached hydrogens (tertiary/aromatic N) is 2. The minimum atomic E-state index is -0.187. The van der Waals surface area contributed by atoms with Crippen LogP contribution in [0.1, 0.15) is 17.3 Å². The molecule has 1 aliphatic heterocycles. The van der Waals surface area contributed by atoms with E-state index in [9.17, 15) is 14.7 Å². The lowest BCUT2D eigenvalue weighted by molar-refractivity contribution is -0.136. The summed E-state index contributed by atoms with van der Waals surface area (Å²) in [6.07, 6.45) is 0. The van der Waals surface area contributed by atoms with Crippen molar-refractivity contribution in [2.24, 2.45) is 5.92 Å². The van der Waals surface area contributed by atoms with Gasteiger partial charge >= 0.3 is 0 Å². The van der Waals surface area contributed by atoms with Crippen LogP contribution >= 0.6 is 12.4 Å². The van der Waals surface area contributed by atoms with Crippen molar-refractivity contribution in [1.82, 2.24) is 15.1 Å². The van der Waals surface area contributed by atoms with Gasteiger partial charge in [0.1, 0.15) is 5.75 Å². The summed E-state index contributed by atoms with van der Waals surface area (Å²) in [6, 6.07) is 6.54. The third-order valence-electron chi connectivity index (χ3n) is 3.94. The molecule has 1 atom stereocenters. The van der Waals surface area contributed by atoms with Crippen LogP contribution in [0.5, 0.6) is 5.75 Å². The van der Waals surface area contributed by atoms with E-state index < -0.39 is 0 Å². The first-order chi connectivity index (χ1) is 10.5. The number of para-hydroxylation sites is 1. The maximum absolute atomic E-state index is 12.4. The van der Waals surface area contributed by atoms with Crippen LogP contribution < -0.4 is 5.32 Å². The quantitative estimate of drug-likeness (QED) is 0.855. The highest BCUT2D eigenvalue weighted by Crippen LogP contribution is 2.19. The molecule has 0 spiro atoms. The van der Waals surface area contributed by atoms with Gasteiger partial charge < -0.3 is 20.2 Å². The first-order valence-electron chi connectivity index (χ1n) is 7.55. The van der Waals surface area contributed by atoms with Gasteiger partial charge in [0.15, 0.2) is 0 Å². The summed E-state index contributed by atoms with van der Waals surface area (Å²) in [6.45, 7) is 4.60. The van der Waals surface area contributed by atoms with E-state index >= 15 is 0 Å². The van der Waals surface area contributed by atoms with Crippen molar-refractivity contribution in [3.8, 4) is 5.75 Å². The van der Waals surface area contributed by atoms with Gasteiger partial charge in [-0.1, -0.05) is 19.1 Å². The summed E-state index contributed by atoms with van der Waals surface area (Å²) in [5.41, 5.74) is 0.311. The number of rotatable bonds is 4. The van der Waals surface area contributed by atoms with Crippen molar-refractivity contribution in [1.29, 1.82) is 0 Å². The molecular weight excluding hydrogens is 318 g/mol. The molecule has 0 aliphatic carbocycles. The molecule has 2 amide bonds. The number of hydrogen-bond acceptors (Lipinski definition) is 4. The lowest BCUT2D eigenvalue weighted by Gasteiger charge is -2.36. The SMILES string of the molecule is CNCC(C)C(=O)N1CCN(C(=O)c2ccccc2O)CC1.Cl. The number of amides is 2. The molecule has 1 saturated heterocycles. The number of carbonyl (C=O) groups is 2. The third kappa shape index (κ3) is 4.59. The lowest BCUT2D eigenvalue weighted by atomic mass is 10.1. The maximum atomic E-state index is 12.4. The highest BCUT2D eigenvalue weighted by atomic mass is 35.5. The summed E-state index contributed by atoms with van der Waals surface area (Å²) in [7, 11) is 1.83. The molecule has 2 N–H and O–H groups in total. The topological polar surface area (TPSA) is 72.9 Å². The van der Waals surface area contributed by atoms with E-state index in [2.05, 4.69) is 5.32 Å². The third-order valence-corrected chi connectivity index (χ3v) is 3.94. The second-order valence-electron chi connectivity index (χ2n) is 5.59. The first-order valence-corrected chi connectivity index (χ1v) is 7.55. The summed E-state index contributed by atoms with van der Waals surface area (Å²) >= 11 is 0. The zero-order valence-electron chi connectivity index (χ0n) is 13.5. The van der Waals surface area contributed by atoms with Crippen LogP contribution in [0.2, 0.25) is 0 Å². The van der Waals surface area contributed by atoms with E-state index in [1.807, 2.05) is 14.0 Å². The Bertz CT molecular complexity index is 545. The molecule has 1 aromatic carbocycles. The molecule has 7 heteroatoms. The average Bonchev–Trinajstić information content (AvgIpc) is 2.54. The van der Waals surface area contributed by atoms with E-state index in [1.54, 1.807) is 28.0 Å². The fourth-order valence-electron chi connectivity index (χ4n) is 2.66. The highest BCUT2D eigenvalue weighted by molar-refractivity contribution is 5.97. The molecule has 0 radical (unpaired) electrons. The van der Waals surface area contributed by atoms with Gasteiger partial charge in [-0.15, -0.1) is 12.4 Å². The van der Waals surface area contributed by atoms with E-state index in [4.69, 9.17) is 0 Å². The fraction of sp³-hybridized carbons (Fsp3) is 0.500. The minimum Gasteiger partial charge on any atom is -0.507 e. The summed E-state index contributed by atoms with van der Waals surface area (Å²) in [5.74, 6) is -0.142. The van der Waals surface area contributed by atoms with Crippen LogP contribution in [0.4, 0.5) is 0 Å². The van der Waals surface area contributed by atoms with Gasteiger partial charge in [-0.25, -0.2) is 0 Å². The van der Waals surface area contributed by atoms with Crippen LogP contribution in [0.15, 0.2) is 24.3 Å². The second kappa shape index (κ2) is 8.74. The molecule has 0 aromatic heterocycles. The van der Waals surface area contributed by atoms with Crippen LogP contribution in [0, 0.1) is 5.92 Å². The molecule has 1 aromatic rings. The monoisotopic (exact) mass is 341 g/mol. The normalized spacial score (nSPS) is 15.7. The zero-order valence-corrected chi connectivity index (χ0v) is 14.3. The molecule has 0 bridgehead atoms. The first kappa shape index (κ1) is 19.3. The summed E-state index contributed by atoms with van der Waals surface area (Å²) < 4.78 is 0. The second-order valence-corrected chi connectivity index (χ2v) is 5.59. The van der Waals surface area contributed by atoms with Gasteiger partial charge in [0.2, 0.25) is 5.91 Å². The Hall–Kier alpha value is -1.79. The number of halogens is 1. The van der Waals surface area contributed by atoms with Crippen LogP contribution in [0.25, 0.3) is 0 Å². The molecule has 1 aliphatic rings. The highest BCUT2D eigenvalue weighted by Gasteiger charge is 2.27. The standard InChI is InChI=1S/C16H23N3O3.ClH/c1-12(11-17-2)15(21)18-7-9-19(10-8-18)16(22)13-5-3-4-6-14(13)20;/h3-6,12,17,20H,7-11H2,1-2H3;1H. The molecule has 23 heavy (non-hydrogen) atoms. The molecule has 128 valence electrons. The number of aromatic hydroxyl groups is 1. The zero-order chi connectivity index (χ0) is 16.1. The Morgan fingerprint density at radius 1 is 1.17 bits per heavy atom. The van der Waals surface area contributed by atoms with Crippen molar-refractivity contribution >= 4 is 24.2 Å². The molecule has 1 heterocycles. The Labute approximate surface area is 142 Å². The van der Waals surface area contributed by atoms with Crippen LogP contribution in [0.3, 0.4) is 0 Å². The van der Waals surface area contributed by atoms with E-state index in [1.165, 1.54) is 6.07 Å². The minimum absolute atomic E-state index is 0. The predicted molar refractivity (Wildman–Crippen MR) is 90.9 cm³/mol. The van der Waals surface area contributed by atoms with Crippen molar-refractivity contribution in [2.45, 2.75) is 6.92 Å². The van der Waals surface area contributed by atoms with Gasteiger partial charge in [0.05, 0.1) is 5.56 Å². The molecular formula is C16H24ClN3O3. The van der Waals surface area contributed by atoms with Crippen molar-refractivity contribution in [3.63, 3.8) is 0 Å². The van der Waals surface area contributed by atoms with Gasteiger partial charge in [0.25, 0.3) is 5.91 Å². The van der Waals surface area contributed by atoms with Gasteiger partial charge in [-0.3, -0.25) is 9.59 Å². The number of piperazine rings is 1. The fourth-order valence-corrected chi connectivity index (χ4v) is 2.66. The Balaban J connectivity index is 0.00000264. The molecule has 2 rings (SSSR count). The lowest BCUT2D eigenvalue weighted by Crippen LogP contribution is -2.52. The number of hydrogen-bond donors (Lipinski definition) is 2.